The van der Waals surface area contributed by atoms with Gasteiger partial charge < -0.3 is 10.1 Å². The lowest BCUT2D eigenvalue weighted by atomic mass is 10.1. The van der Waals surface area contributed by atoms with E-state index in [0.717, 1.165) is 27.3 Å². The molecule has 0 saturated carbocycles. The van der Waals surface area contributed by atoms with Crippen molar-refractivity contribution in [1.29, 1.82) is 0 Å². The van der Waals surface area contributed by atoms with Gasteiger partial charge in [-0.25, -0.2) is 4.98 Å². The van der Waals surface area contributed by atoms with Gasteiger partial charge in [0.05, 0.1) is 17.8 Å². The summed E-state index contributed by atoms with van der Waals surface area (Å²) >= 11 is 1.53. The van der Waals surface area contributed by atoms with Crippen LogP contribution in [-0.4, -0.2) is 28.6 Å². The summed E-state index contributed by atoms with van der Waals surface area (Å²) in [5.74, 6) is -0.0775. The molecular formula is C22H27N3O3S. The van der Waals surface area contributed by atoms with Gasteiger partial charge in [-0.2, -0.15) is 0 Å². The van der Waals surface area contributed by atoms with Gasteiger partial charge in [-0.05, 0) is 38.3 Å². The predicted octanol–water partition coefficient (Wildman–Crippen LogP) is 3.75. The number of fused-ring (bicyclic) bond motifs is 1. The highest BCUT2D eigenvalue weighted by molar-refractivity contribution is 7.18. The molecule has 2 heterocycles. The summed E-state index contributed by atoms with van der Waals surface area (Å²) in [5.41, 5.74) is 2.04. The number of benzene rings is 1. The molecule has 1 unspecified atom stereocenters. The number of hydrogen-bond donors (Lipinski definition) is 1. The van der Waals surface area contributed by atoms with Crippen molar-refractivity contribution < 1.29 is 9.53 Å². The third-order valence-corrected chi connectivity index (χ3v) is 6.13. The maximum Gasteiger partial charge on any atom is 0.262 e. The van der Waals surface area contributed by atoms with Gasteiger partial charge in [0.1, 0.15) is 4.83 Å². The minimum Gasteiger partial charge on any atom is -0.374 e. The fraction of sp³-hybridized carbons (Fsp3) is 0.409. The van der Waals surface area contributed by atoms with Gasteiger partial charge in [0.15, 0.2) is 0 Å². The molecule has 29 heavy (non-hydrogen) atoms. The van der Waals surface area contributed by atoms with E-state index in [2.05, 4.69) is 10.3 Å². The third-order valence-electron chi connectivity index (χ3n) is 5.02. The van der Waals surface area contributed by atoms with E-state index >= 15 is 0 Å². The zero-order valence-electron chi connectivity index (χ0n) is 17.1. The second-order valence-electron chi connectivity index (χ2n) is 7.08. The first-order valence-electron chi connectivity index (χ1n) is 9.85. The molecule has 0 bridgehead atoms. The van der Waals surface area contributed by atoms with Crippen LogP contribution in [0.4, 0.5) is 0 Å². The Bertz CT molecular complexity index is 1030. The first-order chi connectivity index (χ1) is 14.0. The van der Waals surface area contributed by atoms with E-state index in [4.69, 9.17) is 4.74 Å². The molecule has 3 rings (SSSR count). The number of nitrogens with one attached hydrogen (secondary N) is 1. The molecule has 1 N–H and O–H groups in total. The molecule has 0 spiro atoms. The zero-order valence-corrected chi connectivity index (χ0v) is 17.9. The molecule has 0 aliphatic rings. The molecule has 0 aliphatic heterocycles. The summed E-state index contributed by atoms with van der Waals surface area (Å²) in [5, 5.41) is 3.55. The van der Waals surface area contributed by atoms with Gasteiger partial charge >= 0.3 is 0 Å². The Balaban J connectivity index is 1.40. The van der Waals surface area contributed by atoms with Crippen LogP contribution in [-0.2, 0) is 16.1 Å². The molecule has 154 valence electrons. The lowest BCUT2D eigenvalue weighted by Crippen LogP contribution is -2.28. The van der Waals surface area contributed by atoms with E-state index in [-0.39, 0.29) is 24.0 Å². The largest absolute Gasteiger partial charge is 0.374 e. The number of aromatic nitrogens is 2. The topological polar surface area (TPSA) is 73.2 Å². The third kappa shape index (κ3) is 5.31. The standard InChI is InChI=1S/C22H27N3O3S/c1-15-17(3)29-21-20(15)22(27)25(14-24-21)12-10-19(26)23-11-7-13-28-16(2)18-8-5-4-6-9-18/h4-6,8-9,14,16H,7,10-13H2,1-3H3,(H,23,26). The predicted molar refractivity (Wildman–Crippen MR) is 116 cm³/mol. The number of hydrogen-bond acceptors (Lipinski definition) is 5. The van der Waals surface area contributed by atoms with E-state index < -0.39 is 0 Å². The van der Waals surface area contributed by atoms with Gasteiger partial charge in [-0.1, -0.05) is 30.3 Å². The SMILES string of the molecule is Cc1sc2ncn(CCC(=O)NCCCOC(C)c3ccccc3)c(=O)c2c1C. The molecule has 1 atom stereocenters. The number of amides is 1. The average Bonchev–Trinajstić information content (AvgIpc) is 3.02. The second-order valence-corrected chi connectivity index (χ2v) is 8.29. The summed E-state index contributed by atoms with van der Waals surface area (Å²) in [4.78, 5) is 31.0. The Hall–Kier alpha value is -2.51. The van der Waals surface area contributed by atoms with Gasteiger partial charge in [-0.3, -0.25) is 14.2 Å². The highest BCUT2D eigenvalue weighted by Crippen LogP contribution is 2.25. The molecule has 2 aromatic heterocycles. The maximum atomic E-state index is 12.6. The van der Waals surface area contributed by atoms with Crippen LogP contribution < -0.4 is 10.9 Å². The Morgan fingerprint density at radius 2 is 2.03 bits per heavy atom. The van der Waals surface area contributed by atoms with Crippen LogP contribution in [0.15, 0.2) is 41.5 Å². The Kier molecular flexibility index (Phi) is 7.17. The lowest BCUT2D eigenvalue weighted by molar-refractivity contribution is -0.121. The average molecular weight is 414 g/mol. The molecule has 3 aromatic rings. The van der Waals surface area contributed by atoms with Crippen molar-refractivity contribution in [3.05, 3.63) is 63.0 Å². The lowest BCUT2D eigenvalue weighted by Gasteiger charge is -2.13. The summed E-state index contributed by atoms with van der Waals surface area (Å²) in [6.45, 7) is 7.40. The van der Waals surface area contributed by atoms with Crippen molar-refractivity contribution in [2.45, 2.75) is 46.3 Å². The van der Waals surface area contributed by atoms with Crippen molar-refractivity contribution in [1.82, 2.24) is 14.9 Å². The van der Waals surface area contributed by atoms with Crippen molar-refractivity contribution >= 4 is 27.5 Å². The molecule has 0 aliphatic carbocycles. The number of rotatable bonds is 9. The van der Waals surface area contributed by atoms with Gasteiger partial charge in [0.25, 0.3) is 5.56 Å². The van der Waals surface area contributed by atoms with Gasteiger partial charge in [-0.15, -0.1) is 11.3 Å². The molecule has 1 amide bonds. The molecule has 6 nitrogen and oxygen atoms in total. The quantitative estimate of drug-likeness (QED) is 0.542. The monoisotopic (exact) mass is 413 g/mol. The normalized spacial score (nSPS) is 12.2. The Labute approximate surface area is 174 Å². The zero-order chi connectivity index (χ0) is 20.8. The second kappa shape index (κ2) is 9.80. The maximum absolute atomic E-state index is 12.6. The van der Waals surface area contributed by atoms with Crippen molar-refractivity contribution in [3.63, 3.8) is 0 Å². The molecule has 0 radical (unpaired) electrons. The Morgan fingerprint density at radius 1 is 1.28 bits per heavy atom. The molecular weight excluding hydrogens is 386 g/mol. The van der Waals surface area contributed by atoms with E-state index in [1.54, 1.807) is 0 Å². The first kappa shape index (κ1) is 21.2. The summed E-state index contributed by atoms with van der Waals surface area (Å²) in [7, 11) is 0. The first-order valence-corrected chi connectivity index (χ1v) is 10.7. The number of ether oxygens (including phenoxy) is 1. The van der Waals surface area contributed by atoms with Crippen LogP contribution in [0, 0.1) is 13.8 Å². The van der Waals surface area contributed by atoms with Crippen LogP contribution in [0.25, 0.3) is 10.2 Å². The smallest absolute Gasteiger partial charge is 0.262 e. The summed E-state index contributed by atoms with van der Waals surface area (Å²) < 4.78 is 7.32. The molecule has 0 saturated heterocycles. The fourth-order valence-corrected chi connectivity index (χ4v) is 4.11. The number of thiophene rings is 1. The fourth-order valence-electron chi connectivity index (χ4n) is 3.12. The van der Waals surface area contributed by atoms with E-state index in [9.17, 15) is 9.59 Å². The van der Waals surface area contributed by atoms with Crippen LogP contribution in [0.2, 0.25) is 0 Å². The van der Waals surface area contributed by atoms with Crippen molar-refractivity contribution in [2.24, 2.45) is 0 Å². The number of nitrogens with zero attached hydrogens (tertiary/aromatic N) is 2. The van der Waals surface area contributed by atoms with Crippen LogP contribution in [0.5, 0.6) is 0 Å². The number of aryl methyl sites for hydroxylation is 3. The van der Waals surface area contributed by atoms with Crippen molar-refractivity contribution in [3.8, 4) is 0 Å². The van der Waals surface area contributed by atoms with Crippen molar-refractivity contribution in [2.75, 3.05) is 13.2 Å². The van der Waals surface area contributed by atoms with Crippen LogP contribution >= 0.6 is 11.3 Å². The molecule has 1 aromatic carbocycles. The molecule has 7 heteroatoms. The van der Waals surface area contributed by atoms with E-state index in [0.29, 0.717) is 25.1 Å². The van der Waals surface area contributed by atoms with Gasteiger partial charge in [0, 0.05) is 31.0 Å². The Morgan fingerprint density at radius 3 is 2.79 bits per heavy atom. The van der Waals surface area contributed by atoms with Crippen LogP contribution in [0.3, 0.4) is 0 Å². The minimum atomic E-state index is -0.0775. The summed E-state index contributed by atoms with van der Waals surface area (Å²) in [6.07, 6.45) is 2.55. The highest BCUT2D eigenvalue weighted by Gasteiger charge is 2.12. The van der Waals surface area contributed by atoms with Gasteiger partial charge in [0.2, 0.25) is 5.91 Å². The number of carbonyl (C=O) groups is 1. The highest BCUT2D eigenvalue weighted by atomic mass is 32.1. The minimum absolute atomic E-state index is 0.0328. The van der Waals surface area contributed by atoms with E-state index in [1.807, 2.05) is 51.1 Å². The number of carbonyl (C=O) groups excluding carboxylic acids is 1. The van der Waals surface area contributed by atoms with Crippen LogP contribution in [0.1, 0.15) is 41.9 Å². The summed E-state index contributed by atoms with van der Waals surface area (Å²) in [6, 6.07) is 10.1. The van der Waals surface area contributed by atoms with E-state index in [1.165, 1.54) is 22.2 Å². The molecule has 0 fully saturated rings.